The van der Waals surface area contributed by atoms with Crippen LogP contribution < -0.4 is 5.73 Å². The molecule has 2 aromatic rings. The number of aromatic nitrogens is 2. The maximum atomic E-state index is 13.2. The van der Waals surface area contributed by atoms with Crippen molar-refractivity contribution in [2.24, 2.45) is 0 Å². The molecule has 0 aliphatic heterocycles. The van der Waals surface area contributed by atoms with E-state index >= 15 is 0 Å². The van der Waals surface area contributed by atoms with Gasteiger partial charge in [0.1, 0.15) is 5.82 Å². The molecule has 0 amide bonds. The molecular formula is C12H16FN3O2. The highest BCUT2D eigenvalue weighted by Crippen LogP contribution is 2.18. The van der Waals surface area contributed by atoms with E-state index in [2.05, 4.69) is 4.98 Å². The van der Waals surface area contributed by atoms with E-state index in [1.165, 1.54) is 12.1 Å². The molecule has 2 N–H and O–H groups in total. The highest BCUT2D eigenvalue weighted by atomic mass is 19.1. The van der Waals surface area contributed by atoms with Crippen molar-refractivity contribution in [2.75, 3.05) is 32.7 Å². The van der Waals surface area contributed by atoms with Crippen LogP contribution in [0.25, 0.3) is 11.0 Å². The van der Waals surface area contributed by atoms with Crippen LogP contribution in [0.15, 0.2) is 18.2 Å². The Morgan fingerprint density at radius 3 is 2.94 bits per heavy atom. The molecular weight excluding hydrogens is 237 g/mol. The number of nitrogens with two attached hydrogens (primary N) is 1. The van der Waals surface area contributed by atoms with E-state index < -0.39 is 0 Å². The molecule has 0 atom stereocenters. The zero-order valence-corrected chi connectivity index (χ0v) is 10.2. The van der Waals surface area contributed by atoms with Crippen molar-refractivity contribution in [3.8, 4) is 0 Å². The van der Waals surface area contributed by atoms with Gasteiger partial charge >= 0.3 is 0 Å². The van der Waals surface area contributed by atoms with Crippen LogP contribution in [-0.2, 0) is 16.0 Å². The van der Waals surface area contributed by atoms with Crippen molar-refractivity contribution in [2.45, 2.75) is 6.54 Å². The van der Waals surface area contributed by atoms with Crippen LogP contribution in [0.1, 0.15) is 0 Å². The third-order valence-corrected chi connectivity index (χ3v) is 2.63. The van der Waals surface area contributed by atoms with Crippen LogP contribution in [0, 0.1) is 5.82 Å². The van der Waals surface area contributed by atoms with E-state index in [0.717, 1.165) is 0 Å². The van der Waals surface area contributed by atoms with Gasteiger partial charge in [0.05, 0.1) is 30.9 Å². The monoisotopic (exact) mass is 253 g/mol. The molecule has 0 fully saturated rings. The smallest absolute Gasteiger partial charge is 0.201 e. The summed E-state index contributed by atoms with van der Waals surface area (Å²) in [6.07, 6.45) is 0. The summed E-state index contributed by atoms with van der Waals surface area (Å²) < 4.78 is 25.2. The Morgan fingerprint density at radius 2 is 2.17 bits per heavy atom. The van der Waals surface area contributed by atoms with Gasteiger partial charge in [0, 0.05) is 13.7 Å². The maximum Gasteiger partial charge on any atom is 0.201 e. The molecule has 2 rings (SSSR count). The van der Waals surface area contributed by atoms with Gasteiger partial charge in [0.25, 0.3) is 0 Å². The lowest BCUT2D eigenvalue weighted by Gasteiger charge is -2.07. The standard InChI is InChI=1S/C12H16FN3O2/c1-17-6-7-18-5-4-16-11-8-9(13)2-3-10(11)15-12(16)14/h2-3,8H,4-7H2,1H3,(H2,14,15). The van der Waals surface area contributed by atoms with Gasteiger partial charge in [-0.25, -0.2) is 9.37 Å². The Bertz CT molecular complexity index is 527. The van der Waals surface area contributed by atoms with Gasteiger partial charge in [-0.15, -0.1) is 0 Å². The summed E-state index contributed by atoms with van der Waals surface area (Å²) >= 11 is 0. The first kappa shape index (κ1) is 12.8. The minimum absolute atomic E-state index is 0.302. The van der Waals surface area contributed by atoms with Crippen molar-refractivity contribution in [3.05, 3.63) is 24.0 Å². The number of ether oxygens (including phenoxy) is 2. The minimum atomic E-state index is -0.302. The summed E-state index contributed by atoms with van der Waals surface area (Å²) in [5, 5.41) is 0. The summed E-state index contributed by atoms with van der Waals surface area (Å²) in [7, 11) is 1.62. The molecule has 0 saturated carbocycles. The lowest BCUT2D eigenvalue weighted by molar-refractivity contribution is 0.0671. The average Bonchev–Trinajstić information content (AvgIpc) is 2.65. The van der Waals surface area contributed by atoms with Crippen molar-refractivity contribution in [1.29, 1.82) is 0 Å². The molecule has 0 radical (unpaired) electrons. The fourth-order valence-corrected chi connectivity index (χ4v) is 1.75. The molecule has 1 aromatic heterocycles. The largest absolute Gasteiger partial charge is 0.382 e. The molecule has 0 unspecified atom stereocenters. The maximum absolute atomic E-state index is 13.2. The predicted octanol–water partition coefficient (Wildman–Crippen LogP) is 1.42. The molecule has 0 saturated heterocycles. The number of hydrogen-bond acceptors (Lipinski definition) is 4. The van der Waals surface area contributed by atoms with E-state index in [9.17, 15) is 4.39 Å². The zero-order valence-electron chi connectivity index (χ0n) is 10.2. The molecule has 6 heteroatoms. The van der Waals surface area contributed by atoms with E-state index in [-0.39, 0.29) is 5.82 Å². The molecule has 1 heterocycles. The second-order valence-corrected chi connectivity index (χ2v) is 3.86. The Labute approximate surface area is 104 Å². The SMILES string of the molecule is COCCOCCn1c(N)nc2ccc(F)cc21. The van der Waals surface area contributed by atoms with Gasteiger partial charge in [-0.3, -0.25) is 0 Å². The van der Waals surface area contributed by atoms with Crippen LogP contribution in [0.3, 0.4) is 0 Å². The first-order chi connectivity index (χ1) is 8.72. The second-order valence-electron chi connectivity index (χ2n) is 3.86. The topological polar surface area (TPSA) is 62.3 Å². The normalized spacial score (nSPS) is 11.2. The first-order valence-corrected chi connectivity index (χ1v) is 5.70. The van der Waals surface area contributed by atoms with Gasteiger partial charge in [0.2, 0.25) is 5.95 Å². The number of benzene rings is 1. The number of fused-ring (bicyclic) bond motifs is 1. The highest BCUT2D eigenvalue weighted by Gasteiger charge is 2.08. The number of nitrogen functional groups attached to an aromatic ring is 1. The molecule has 1 aromatic carbocycles. The van der Waals surface area contributed by atoms with Crippen molar-refractivity contribution < 1.29 is 13.9 Å². The summed E-state index contributed by atoms with van der Waals surface area (Å²) in [5.74, 6) is 0.0647. The Balaban J connectivity index is 2.07. The summed E-state index contributed by atoms with van der Waals surface area (Å²) in [4.78, 5) is 4.16. The van der Waals surface area contributed by atoms with Gasteiger partial charge in [-0.2, -0.15) is 0 Å². The Kier molecular flexibility index (Phi) is 4.11. The molecule has 5 nitrogen and oxygen atoms in total. The van der Waals surface area contributed by atoms with E-state index in [1.807, 2.05) is 0 Å². The van der Waals surface area contributed by atoms with Gasteiger partial charge in [-0.1, -0.05) is 0 Å². The second kappa shape index (κ2) is 5.79. The predicted molar refractivity (Wildman–Crippen MR) is 66.8 cm³/mol. The van der Waals surface area contributed by atoms with Crippen molar-refractivity contribution in [1.82, 2.24) is 9.55 Å². The molecule has 0 aliphatic rings. The number of halogens is 1. The van der Waals surface area contributed by atoms with Gasteiger partial charge < -0.3 is 19.8 Å². The minimum Gasteiger partial charge on any atom is -0.382 e. The summed E-state index contributed by atoms with van der Waals surface area (Å²) in [5.41, 5.74) is 7.16. The lowest BCUT2D eigenvalue weighted by atomic mass is 10.3. The quantitative estimate of drug-likeness (QED) is 0.791. The molecule has 98 valence electrons. The van der Waals surface area contributed by atoms with Crippen LogP contribution in [0.5, 0.6) is 0 Å². The number of hydrogen-bond donors (Lipinski definition) is 1. The first-order valence-electron chi connectivity index (χ1n) is 5.70. The number of anilines is 1. The fraction of sp³-hybridized carbons (Fsp3) is 0.417. The number of methoxy groups -OCH3 is 1. The fourth-order valence-electron chi connectivity index (χ4n) is 1.75. The van der Waals surface area contributed by atoms with E-state index in [4.69, 9.17) is 15.2 Å². The Hall–Kier alpha value is -1.66. The number of imidazole rings is 1. The highest BCUT2D eigenvalue weighted by molar-refractivity contribution is 5.78. The number of rotatable bonds is 6. The van der Waals surface area contributed by atoms with E-state index in [0.29, 0.717) is 43.3 Å². The van der Waals surface area contributed by atoms with E-state index in [1.54, 1.807) is 17.7 Å². The van der Waals surface area contributed by atoms with Gasteiger partial charge in [-0.05, 0) is 18.2 Å². The third kappa shape index (κ3) is 2.77. The third-order valence-electron chi connectivity index (χ3n) is 2.63. The molecule has 0 spiro atoms. The summed E-state index contributed by atoms with van der Waals surface area (Å²) in [6.45, 7) is 2.09. The average molecular weight is 253 g/mol. The van der Waals surface area contributed by atoms with Gasteiger partial charge in [0.15, 0.2) is 0 Å². The zero-order chi connectivity index (χ0) is 13.0. The van der Waals surface area contributed by atoms with Crippen LogP contribution in [0.4, 0.5) is 10.3 Å². The van der Waals surface area contributed by atoms with Crippen LogP contribution in [-0.4, -0.2) is 36.5 Å². The Morgan fingerprint density at radius 1 is 1.33 bits per heavy atom. The van der Waals surface area contributed by atoms with Crippen molar-refractivity contribution in [3.63, 3.8) is 0 Å². The summed E-state index contributed by atoms with van der Waals surface area (Å²) in [6, 6.07) is 4.41. The molecule has 18 heavy (non-hydrogen) atoms. The van der Waals surface area contributed by atoms with Crippen LogP contribution in [0.2, 0.25) is 0 Å². The number of nitrogens with zero attached hydrogens (tertiary/aromatic N) is 2. The lowest BCUT2D eigenvalue weighted by Crippen LogP contribution is -2.11. The molecule has 0 aliphatic carbocycles. The van der Waals surface area contributed by atoms with Crippen molar-refractivity contribution >= 4 is 17.0 Å². The van der Waals surface area contributed by atoms with Crippen LogP contribution >= 0.6 is 0 Å². The molecule has 0 bridgehead atoms.